The minimum atomic E-state index is -0.585. The zero-order chi connectivity index (χ0) is 54.6. The van der Waals surface area contributed by atoms with Crippen LogP contribution in [0.1, 0.15) is 94.0 Å². The van der Waals surface area contributed by atoms with Crippen LogP contribution in [0, 0.1) is 29.4 Å². The van der Waals surface area contributed by atoms with Crippen LogP contribution in [0.25, 0.3) is 49.2 Å². The van der Waals surface area contributed by atoms with Crippen molar-refractivity contribution in [2.24, 2.45) is 12.5 Å². The van der Waals surface area contributed by atoms with Crippen molar-refractivity contribution in [1.29, 1.82) is 0 Å². The molecule has 5 fully saturated rings. The molecule has 2 N–H and O–H groups in total. The van der Waals surface area contributed by atoms with Crippen LogP contribution in [0.4, 0.5) is 20.3 Å². The number of halogens is 2. The molecule has 2 unspecified atom stereocenters. The average Bonchev–Trinajstić information content (AvgIpc) is 4.29. The molecule has 6 aromatic rings. The van der Waals surface area contributed by atoms with Crippen molar-refractivity contribution < 1.29 is 65.7 Å². The van der Waals surface area contributed by atoms with Gasteiger partial charge in [0.05, 0.1) is 52.0 Å². The summed E-state index contributed by atoms with van der Waals surface area (Å²) in [5.74, 6) is 1.50. The fraction of sp³-hybridized carbons (Fsp3) is 0.533. The van der Waals surface area contributed by atoms with Crippen LogP contribution in [0.15, 0.2) is 48.5 Å². The topological polar surface area (TPSA) is 168 Å². The molecule has 5 saturated heterocycles. The molecular weight excluding hydrogens is 1080 g/mol. The number of hydrogen-bond donors (Lipinski definition) is 2. The van der Waals surface area contributed by atoms with Gasteiger partial charge < -0.3 is 39.8 Å². The van der Waals surface area contributed by atoms with Crippen molar-refractivity contribution in [2.45, 2.75) is 95.1 Å². The van der Waals surface area contributed by atoms with Crippen molar-refractivity contribution in [1.82, 2.24) is 39.8 Å². The molecule has 3 aromatic carbocycles. The summed E-state index contributed by atoms with van der Waals surface area (Å²) in [6, 6.07) is 15.1. The number of hydrogen-bond acceptors (Lipinski definition) is 13. The van der Waals surface area contributed by atoms with E-state index in [2.05, 4.69) is 66.4 Å². The van der Waals surface area contributed by atoms with Crippen LogP contribution in [0.5, 0.6) is 6.01 Å². The average molecular weight is 1160 g/mol. The number of rotatable bonds is 12. The number of piperidine rings is 1. The Morgan fingerprint density at radius 2 is 1.76 bits per heavy atom. The molecule has 0 spiro atoms. The van der Waals surface area contributed by atoms with Gasteiger partial charge in [0.25, 0.3) is 0 Å². The number of aldehydes is 1. The van der Waals surface area contributed by atoms with Gasteiger partial charge in [-0.1, -0.05) is 50.0 Å². The Morgan fingerprint density at radius 1 is 0.987 bits per heavy atom. The number of aromatic nitrogens is 5. The number of likely N-dealkylation sites (N-methyl/N-ethyl adjacent to an activating group) is 1. The number of aliphatic hydroxyl groups is 1. The molecule has 9 heterocycles. The summed E-state index contributed by atoms with van der Waals surface area (Å²) in [5.41, 5.74) is 4.89. The molecule has 0 bridgehead atoms. The van der Waals surface area contributed by atoms with E-state index in [1.165, 1.54) is 31.1 Å². The number of aryl methyl sites for hydroxylation is 2. The smallest absolute Gasteiger partial charge is 0.319 e. The number of ether oxygens (including phenoxy) is 2. The van der Waals surface area contributed by atoms with Crippen molar-refractivity contribution in [3.63, 3.8) is 0 Å². The van der Waals surface area contributed by atoms with Crippen LogP contribution in [0.3, 0.4) is 0 Å². The molecule has 6 aliphatic heterocycles. The molecule has 19 heteroatoms. The number of terminal acetylenes is 1. The van der Waals surface area contributed by atoms with Gasteiger partial charge in [-0.3, -0.25) is 19.3 Å². The van der Waals surface area contributed by atoms with E-state index in [0.29, 0.717) is 77.7 Å². The van der Waals surface area contributed by atoms with Gasteiger partial charge in [-0.15, -0.1) is 19.5 Å². The largest absolute Gasteiger partial charge is 0.662 e. The van der Waals surface area contributed by atoms with E-state index in [0.717, 1.165) is 127 Å². The summed E-state index contributed by atoms with van der Waals surface area (Å²) in [6.07, 6.45) is 16.5. The predicted octanol–water partition coefficient (Wildman–Crippen LogP) is 7.94. The maximum atomic E-state index is 16.9. The molecule has 0 saturated carbocycles. The maximum Gasteiger partial charge on any atom is 0.319 e. The molecule has 6 aliphatic rings. The molecule has 12 rings (SSSR count). The van der Waals surface area contributed by atoms with E-state index in [4.69, 9.17) is 36.0 Å². The maximum absolute atomic E-state index is 16.9. The van der Waals surface area contributed by atoms with Crippen LogP contribution in [-0.4, -0.2) is 163 Å². The quantitative estimate of drug-likeness (QED) is 0.0897. The Morgan fingerprint density at radius 3 is 2.49 bits per heavy atom. The van der Waals surface area contributed by atoms with Crippen LogP contribution < -0.4 is 19.9 Å². The van der Waals surface area contributed by atoms with E-state index < -0.39 is 17.6 Å². The van der Waals surface area contributed by atoms with Gasteiger partial charge in [0.2, 0.25) is 5.91 Å². The van der Waals surface area contributed by atoms with Crippen molar-refractivity contribution >= 4 is 56.3 Å². The van der Waals surface area contributed by atoms with Gasteiger partial charge >= 0.3 is 6.01 Å². The summed E-state index contributed by atoms with van der Waals surface area (Å²) in [4.78, 5) is 47.8. The Labute approximate surface area is 487 Å². The van der Waals surface area contributed by atoms with E-state index in [1.54, 1.807) is 19.2 Å². The fourth-order valence-corrected chi connectivity index (χ4v) is 13.2. The number of anilines is 2. The van der Waals surface area contributed by atoms with Gasteiger partial charge in [-0.2, -0.15) is 15.1 Å². The third kappa shape index (κ3) is 11.9. The Balaban J connectivity index is 0.000000190. The van der Waals surface area contributed by atoms with Crippen molar-refractivity contribution in [3.05, 3.63) is 82.4 Å². The van der Waals surface area contributed by atoms with Crippen molar-refractivity contribution in [2.75, 3.05) is 109 Å². The monoisotopic (exact) mass is 1160 g/mol. The second-order valence-electron chi connectivity index (χ2n) is 22.1. The van der Waals surface area contributed by atoms with Gasteiger partial charge in [0, 0.05) is 128 Å². The molecule has 16 nitrogen and oxygen atoms in total. The molecule has 2 atom stereocenters. The van der Waals surface area contributed by atoms with Gasteiger partial charge in [0.15, 0.2) is 5.82 Å². The first-order valence-electron chi connectivity index (χ1n) is 28.0. The van der Waals surface area contributed by atoms with Gasteiger partial charge in [-0.25, -0.2) is 13.8 Å². The Hall–Kier alpha value is -5.26. The van der Waals surface area contributed by atoms with Crippen LogP contribution >= 0.6 is 0 Å². The number of aliphatic hydroxyl groups excluding tert-OH is 1. The summed E-state index contributed by atoms with van der Waals surface area (Å²) < 4.78 is 46.0. The zero-order valence-electron chi connectivity index (χ0n) is 46.3. The van der Waals surface area contributed by atoms with E-state index in [-0.39, 0.29) is 73.0 Å². The predicted molar refractivity (Wildman–Crippen MR) is 301 cm³/mol. The molecule has 417 valence electrons. The van der Waals surface area contributed by atoms with Crippen molar-refractivity contribution in [3.8, 4) is 29.6 Å². The summed E-state index contributed by atoms with van der Waals surface area (Å²) in [5, 5.41) is 21.7. The number of carbonyl (C=O) groups excluding carboxylic acids is 2. The summed E-state index contributed by atoms with van der Waals surface area (Å²) in [7, 11) is 4.55. The molecule has 79 heavy (non-hydrogen) atoms. The second kappa shape index (κ2) is 25.7. The molecular formula is C60H74F2N11O5Y-. The number of fused-ring (bicyclic) bond motifs is 5. The second-order valence-corrected chi connectivity index (χ2v) is 22.1. The number of nitrogens with one attached hydrogen (secondary N) is 1. The fourth-order valence-electron chi connectivity index (χ4n) is 13.2. The van der Waals surface area contributed by atoms with E-state index >= 15 is 4.39 Å². The molecule has 1 amide bonds. The number of carbonyl (C=O) groups is 2. The normalized spacial score (nSPS) is 20.1. The minimum absolute atomic E-state index is 0. The number of benzene rings is 3. The SMILES string of the molecule is C#Cc1c(F)ccc2cccc(-c3nc4c5c(nc(OCC67CCCN6CCC7)nc5c3F)N3CCCOCC3CC4)c12.CNC(=O)C(CCC=O)c1nn(C)c2cc(N3CCN(CC4(C)CC[N-]CC4)CC3)ccc12.CO.[Y]. The first-order chi connectivity index (χ1) is 38.0. The van der Waals surface area contributed by atoms with E-state index in [1.807, 2.05) is 23.9 Å². The summed E-state index contributed by atoms with van der Waals surface area (Å²) in [6.45, 7) is 14.4. The number of amides is 1. The number of pyridine rings is 1. The molecule has 3 aromatic heterocycles. The Bertz CT molecular complexity index is 3180. The number of nitrogens with zero attached hydrogens (tertiary/aromatic N) is 10. The Kier molecular flexibility index (Phi) is 19.0. The zero-order valence-corrected chi connectivity index (χ0v) is 49.1. The molecule has 1 radical (unpaired) electrons. The third-order valence-electron chi connectivity index (χ3n) is 17.3. The first kappa shape index (κ1) is 58.4. The van der Waals surface area contributed by atoms with E-state index in [9.17, 15) is 14.0 Å². The first-order valence-corrected chi connectivity index (χ1v) is 28.0. The van der Waals surface area contributed by atoms with Crippen LogP contribution in [0.2, 0.25) is 0 Å². The molecule has 0 aliphatic carbocycles. The standard InChI is InChI=1S/C34H33F2N5O2.C25H37N6O2.CH4O.Y/c1-2-23-25(35)11-9-21-7-3-8-24(27(21)23)30-29(36)31-28-26(37-30)12-10-22-19-42-18-6-17-41(22)32(28)39-33(38-31)43-20-34-13-4-15-40(34)16-5-14-34;1-25(8-10-27-11-9-25)18-30-12-14-31(15-13-30)19-6-7-20-22(17-19)29(3)28-23(20)21(5-4-16-32)24(33)26-2;1-2;/h1,3,7-9,11,22H,4-6,10,12-20H2;6-7,16-17,21H,4-5,8-15,18H2,1-3H3,(H,26,33);2H,1H3;/q;-1;;. The number of piperazine rings is 1. The van der Waals surface area contributed by atoms with Gasteiger partial charge in [0.1, 0.15) is 35.7 Å². The van der Waals surface area contributed by atoms with Gasteiger partial charge in [-0.05, 0) is 99.5 Å². The summed E-state index contributed by atoms with van der Waals surface area (Å²) >= 11 is 0. The van der Waals surface area contributed by atoms with Crippen LogP contribution in [-0.2, 0) is 60.5 Å². The third-order valence-corrected chi connectivity index (χ3v) is 17.3. The minimum Gasteiger partial charge on any atom is -0.662 e.